The molecule has 0 unspecified atom stereocenters. The van der Waals surface area contributed by atoms with Crippen LogP contribution in [-0.2, 0) is 0 Å². The Morgan fingerprint density at radius 1 is 1.33 bits per heavy atom. The Kier molecular flexibility index (Phi) is 2.97. The average Bonchev–Trinajstić information content (AvgIpc) is 2.85. The van der Waals surface area contributed by atoms with E-state index in [0.717, 1.165) is 20.7 Å². The molecule has 0 atom stereocenters. The third-order valence-corrected chi connectivity index (χ3v) is 3.91. The van der Waals surface area contributed by atoms with Gasteiger partial charge in [0.1, 0.15) is 0 Å². The van der Waals surface area contributed by atoms with Gasteiger partial charge in [-0.1, -0.05) is 25.2 Å². The number of rotatable bonds is 3. The second kappa shape index (κ2) is 4.24. The minimum Gasteiger partial charge on any atom is -0.363 e. The molecule has 0 aliphatic rings. The Morgan fingerprint density at radius 2 is 2.13 bits per heavy atom. The average molecular weight is 240 g/mol. The smallest absolute Gasteiger partial charge is 0.205 e. The zero-order valence-corrected chi connectivity index (χ0v) is 10.4. The third kappa shape index (κ3) is 2.00. The standard InChI is InChI=1S/C9H12N4S2/c1-5(2)6-7(14-4-11-6)8-12-13-9(10-3)15-8/h4-5H,1-3H3,(H,10,13). The van der Waals surface area contributed by atoms with E-state index in [1.165, 1.54) is 0 Å². The fourth-order valence-electron chi connectivity index (χ4n) is 1.24. The first kappa shape index (κ1) is 10.5. The highest BCUT2D eigenvalue weighted by Crippen LogP contribution is 2.34. The third-order valence-electron chi connectivity index (χ3n) is 1.97. The van der Waals surface area contributed by atoms with Crippen molar-refractivity contribution >= 4 is 27.8 Å². The molecule has 0 aliphatic carbocycles. The fourth-order valence-corrected chi connectivity index (χ4v) is 2.98. The number of nitrogens with one attached hydrogen (secondary N) is 1. The SMILES string of the molecule is CNc1nnc(-c2scnc2C(C)C)s1. The molecule has 80 valence electrons. The van der Waals surface area contributed by atoms with Gasteiger partial charge in [0.25, 0.3) is 0 Å². The number of anilines is 1. The van der Waals surface area contributed by atoms with Gasteiger partial charge in [0.2, 0.25) is 5.13 Å². The van der Waals surface area contributed by atoms with Crippen LogP contribution >= 0.6 is 22.7 Å². The van der Waals surface area contributed by atoms with Crippen molar-refractivity contribution in [1.29, 1.82) is 0 Å². The van der Waals surface area contributed by atoms with Crippen LogP contribution in [-0.4, -0.2) is 22.2 Å². The van der Waals surface area contributed by atoms with Crippen molar-refractivity contribution in [3.05, 3.63) is 11.2 Å². The normalized spacial score (nSPS) is 10.9. The maximum absolute atomic E-state index is 4.36. The molecule has 2 rings (SSSR count). The number of hydrogen-bond acceptors (Lipinski definition) is 6. The van der Waals surface area contributed by atoms with Crippen molar-refractivity contribution in [2.75, 3.05) is 12.4 Å². The molecule has 0 bridgehead atoms. The molecule has 0 amide bonds. The summed E-state index contributed by atoms with van der Waals surface area (Å²) in [6.45, 7) is 4.27. The largest absolute Gasteiger partial charge is 0.363 e. The lowest BCUT2D eigenvalue weighted by atomic mass is 10.1. The van der Waals surface area contributed by atoms with Crippen LogP contribution in [0.2, 0.25) is 0 Å². The van der Waals surface area contributed by atoms with Gasteiger partial charge in [-0.15, -0.1) is 21.5 Å². The molecular weight excluding hydrogens is 228 g/mol. The predicted octanol–water partition coefficient (Wildman–Crippen LogP) is 2.83. The topological polar surface area (TPSA) is 50.7 Å². The number of nitrogens with zero attached hydrogens (tertiary/aromatic N) is 3. The highest BCUT2D eigenvalue weighted by Gasteiger charge is 2.15. The predicted molar refractivity (Wildman–Crippen MR) is 64.7 cm³/mol. The number of hydrogen-bond donors (Lipinski definition) is 1. The molecule has 2 aromatic heterocycles. The van der Waals surface area contributed by atoms with Crippen molar-refractivity contribution in [2.24, 2.45) is 0 Å². The summed E-state index contributed by atoms with van der Waals surface area (Å²) >= 11 is 3.18. The van der Waals surface area contributed by atoms with Crippen LogP contribution in [0.5, 0.6) is 0 Å². The van der Waals surface area contributed by atoms with E-state index in [1.807, 2.05) is 12.6 Å². The van der Waals surface area contributed by atoms with Gasteiger partial charge < -0.3 is 5.32 Å². The molecule has 2 aromatic rings. The molecule has 0 aromatic carbocycles. The Morgan fingerprint density at radius 3 is 2.73 bits per heavy atom. The van der Waals surface area contributed by atoms with E-state index in [4.69, 9.17) is 0 Å². The minimum atomic E-state index is 0.424. The van der Waals surface area contributed by atoms with E-state index in [0.29, 0.717) is 5.92 Å². The lowest BCUT2D eigenvalue weighted by molar-refractivity contribution is 0.834. The summed E-state index contributed by atoms with van der Waals surface area (Å²) in [5.41, 5.74) is 2.98. The molecular formula is C9H12N4S2. The minimum absolute atomic E-state index is 0.424. The van der Waals surface area contributed by atoms with E-state index in [-0.39, 0.29) is 0 Å². The van der Waals surface area contributed by atoms with E-state index in [2.05, 4.69) is 34.3 Å². The van der Waals surface area contributed by atoms with Gasteiger partial charge in [0.15, 0.2) is 5.01 Å². The summed E-state index contributed by atoms with van der Waals surface area (Å²) < 4.78 is 0. The van der Waals surface area contributed by atoms with Gasteiger partial charge in [-0.3, -0.25) is 0 Å². The second-order valence-electron chi connectivity index (χ2n) is 3.38. The van der Waals surface area contributed by atoms with Crippen LogP contribution in [0.1, 0.15) is 25.5 Å². The summed E-state index contributed by atoms with van der Waals surface area (Å²) in [5, 5.41) is 13.0. The molecule has 0 radical (unpaired) electrons. The van der Waals surface area contributed by atoms with Crippen molar-refractivity contribution in [3.8, 4) is 9.88 Å². The zero-order valence-electron chi connectivity index (χ0n) is 8.81. The second-order valence-corrected chi connectivity index (χ2v) is 5.22. The summed E-state index contributed by atoms with van der Waals surface area (Å²) in [4.78, 5) is 5.51. The lowest BCUT2D eigenvalue weighted by Gasteiger charge is -2.01. The maximum atomic E-state index is 4.36. The van der Waals surface area contributed by atoms with Crippen LogP contribution in [0.15, 0.2) is 5.51 Å². The molecule has 0 aliphatic heterocycles. The van der Waals surface area contributed by atoms with Crippen molar-refractivity contribution in [2.45, 2.75) is 19.8 Å². The van der Waals surface area contributed by atoms with Crippen LogP contribution in [0.4, 0.5) is 5.13 Å². The van der Waals surface area contributed by atoms with Gasteiger partial charge in [-0.2, -0.15) is 0 Å². The van der Waals surface area contributed by atoms with E-state index < -0.39 is 0 Å². The molecule has 1 N–H and O–H groups in total. The van der Waals surface area contributed by atoms with Crippen LogP contribution in [0.25, 0.3) is 9.88 Å². The van der Waals surface area contributed by atoms with E-state index in [1.54, 1.807) is 22.7 Å². The first-order chi connectivity index (χ1) is 7.22. The van der Waals surface area contributed by atoms with Crippen molar-refractivity contribution in [1.82, 2.24) is 15.2 Å². The molecule has 0 spiro atoms. The van der Waals surface area contributed by atoms with Crippen LogP contribution < -0.4 is 5.32 Å². The molecule has 6 heteroatoms. The molecule has 0 saturated carbocycles. The first-order valence-electron chi connectivity index (χ1n) is 4.67. The molecule has 0 saturated heterocycles. The monoisotopic (exact) mass is 240 g/mol. The van der Waals surface area contributed by atoms with E-state index >= 15 is 0 Å². The summed E-state index contributed by atoms with van der Waals surface area (Å²) in [6, 6.07) is 0. The molecule has 15 heavy (non-hydrogen) atoms. The number of thiazole rings is 1. The molecule has 2 heterocycles. The highest BCUT2D eigenvalue weighted by atomic mass is 32.1. The molecule has 0 fully saturated rings. The Bertz CT molecular complexity index is 446. The Hall–Kier alpha value is -1.01. The highest BCUT2D eigenvalue weighted by molar-refractivity contribution is 7.22. The Balaban J connectivity index is 2.40. The van der Waals surface area contributed by atoms with Crippen LogP contribution in [0, 0.1) is 0 Å². The lowest BCUT2D eigenvalue weighted by Crippen LogP contribution is -1.89. The summed E-state index contributed by atoms with van der Waals surface area (Å²) in [6.07, 6.45) is 0. The van der Waals surface area contributed by atoms with Gasteiger partial charge in [-0.25, -0.2) is 4.98 Å². The Labute approximate surface area is 96.4 Å². The first-order valence-corrected chi connectivity index (χ1v) is 6.37. The van der Waals surface area contributed by atoms with Gasteiger partial charge >= 0.3 is 0 Å². The quantitative estimate of drug-likeness (QED) is 0.896. The van der Waals surface area contributed by atoms with Crippen molar-refractivity contribution < 1.29 is 0 Å². The zero-order chi connectivity index (χ0) is 10.8. The van der Waals surface area contributed by atoms with Crippen LogP contribution in [0.3, 0.4) is 0 Å². The van der Waals surface area contributed by atoms with Gasteiger partial charge in [0, 0.05) is 7.05 Å². The molecule has 4 nitrogen and oxygen atoms in total. The van der Waals surface area contributed by atoms with Gasteiger partial charge in [0.05, 0.1) is 16.1 Å². The van der Waals surface area contributed by atoms with E-state index in [9.17, 15) is 0 Å². The summed E-state index contributed by atoms with van der Waals surface area (Å²) in [5.74, 6) is 0.424. The van der Waals surface area contributed by atoms with Crippen molar-refractivity contribution in [3.63, 3.8) is 0 Å². The fraction of sp³-hybridized carbons (Fsp3) is 0.444. The number of aromatic nitrogens is 3. The van der Waals surface area contributed by atoms with Gasteiger partial charge in [-0.05, 0) is 5.92 Å². The summed E-state index contributed by atoms with van der Waals surface area (Å²) in [7, 11) is 1.85. The maximum Gasteiger partial charge on any atom is 0.205 e.